The van der Waals surface area contributed by atoms with Crippen molar-refractivity contribution in [3.05, 3.63) is 0 Å². The first-order valence-corrected chi connectivity index (χ1v) is 8.76. The van der Waals surface area contributed by atoms with Crippen LogP contribution in [-0.4, -0.2) is 32.2 Å². The summed E-state index contributed by atoms with van der Waals surface area (Å²) in [7, 11) is 6.87. The van der Waals surface area contributed by atoms with Crippen molar-refractivity contribution in [1.82, 2.24) is 0 Å². The van der Waals surface area contributed by atoms with Crippen LogP contribution in [0.2, 0.25) is 0 Å². The fourth-order valence-electron chi connectivity index (χ4n) is 2.66. The van der Waals surface area contributed by atoms with Crippen LogP contribution >= 0.6 is 0 Å². The van der Waals surface area contributed by atoms with Gasteiger partial charge in [0, 0.05) is 0 Å². The molecule has 116 valence electrons. The van der Waals surface area contributed by atoms with E-state index in [1.807, 2.05) is 0 Å². The molecule has 0 N–H and O–H groups in total. The van der Waals surface area contributed by atoms with E-state index in [1.54, 1.807) is 0 Å². The first-order chi connectivity index (χ1) is 8.95. The summed E-state index contributed by atoms with van der Waals surface area (Å²) in [5.74, 6) is 0.963. The molecule has 1 atom stereocenters. The van der Waals surface area contributed by atoms with Crippen LogP contribution in [0.5, 0.6) is 0 Å². The topological polar surface area (TPSA) is 0 Å². The lowest BCUT2D eigenvalue weighted by Crippen LogP contribution is -2.35. The lowest BCUT2D eigenvalue weighted by Gasteiger charge is -2.23. The molecule has 19 heavy (non-hydrogen) atoms. The minimum Gasteiger partial charge on any atom is -0.331 e. The lowest BCUT2D eigenvalue weighted by molar-refractivity contribution is -0.870. The molecular formula is C18H40N+. The second-order valence-corrected chi connectivity index (χ2v) is 7.52. The van der Waals surface area contributed by atoms with Gasteiger partial charge in [0.2, 0.25) is 0 Å². The fraction of sp³-hybridized carbons (Fsp3) is 1.00. The number of nitrogens with zero attached hydrogens (tertiary/aromatic N) is 1. The van der Waals surface area contributed by atoms with Crippen LogP contribution in [0, 0.1) is 5.92 Å². The number of hydrogen-bond acceptors (Lipinski definition) is 0. The van der Waals surface area contributed by atoms with E-state index < -0.39 is 0 Å². The number of rotatable bonds is 13. The van der Waals surface area contributed by atoms with Crippen molar-refractivity contribution in [2.45, 2.75) is 84.5 Å². The molecule has 1 nitrogen and oxygen atoms in total. The molecule has 0 saturated carbocycles. The molecule has 0 bridgehead atoms. The molecule has 0 spiro atoms. The Hall–Kier alpha value is -0.0400. The van der Waals surface area contributed by atoms with E-state index >= 15 is 0 Å². The van der Waals surface area contributed by atoms with Gasteiger partial charge in [-0.2, -0.15) is 0 Å². The second-order valence-electron chi connectivity index (χ2n) is 7.52. The Morgan fingerprint density at radius 1 is 0.684 bits per heavy atom. The first kappa shape index (κ1) is 19.0. The minimum atomic E-state index is 0.963. The van der Waals surface area contributed by atoms with E-state index in [2.05, 4.69) is 35.0 Å². The zero-order valence-electron chi connectivity index (χ0n) is 14.5. The lowest BCUT2D eigenvalue weighted by atomic mass is 9.97. The molecule has 1 unspecified atom stereocenters. The van der Waals surface area contributed by atoms with Gasteiger partial charge < -0.3 is 4.48 Å². The van der Waals surface area contributed by atoms with Crippen LogP contribution in [0.1, 0.15) is 84.5 Å². The zero-order valence-corrected chi connectivity index (χ0v) is 14.5. The van der Waals surface area contributed by atoms with Crippen molar-refractivity contribution in [1.29, 1.82) is 0 Å². The maximum absolute atomic E-state index is 2.43. The second kappa shape index (κ2) is 11.8. The summed E-state index contributed by atoms with van der Waals surface area (Å²) in [6.07, 6.45) is 15.8. The highest BCUT2D eigenvalue weighted by molar-refractivity contribution is 4.54. The van der Waals surface area contributed by atoms with Gasteiger partial charge in [-0.1, -0.05) is 71.6 Å². The highest BCUT2D eigenvalue weighted by Gasteiger charge is 2.05. The Balaban J connectivity index is 3.15. The summed E-state index contributed by atoms with van der Waals surface area (Å²) in [6, 6.07) is 0. The number of quaternary nitrogens is 1. The van der Waals surface area contributed by atoms with Crippen LogP contribution in [-0.2, 0) is 0 Å². The standard InChI is InChI=1S/C18H40N/c1-6-7-15-18(2)16-13-11-9-8-10-12-14-17-19(3,4)5/h18H,6-17H2,1-5H3/q+1. The summed E-state index contributed by atoms with van der Waals surface area (Å²) in [5, 5.41) is 0. The third-order valence-corrected chi connectivity index (χ3v) is 4.08. The Kier molecular flexibility index (Phi) is 11.7. The van der Waals surface area contributed by atoms with Gasteiger partial charge in [0.25, 0.3) is 0 Å². The molecule has 0 aromatic heterocycles. The predicted octanol–water partition coefficient (Wildman–Crippen LogP) is 5.64. The van der Waals surface area contributed by atoms with Crippen molar-refractivity contribution >= 4 is 0 Å². The van der Waals surface area contributed by atoms with Gasteiger partial charge in [0.1, 0.15) is 0 Å². The van der Waals surface area contributed by atoms with E-state index in [4.69, 9.17) is 0 Å². The molecule has 0 radical (unpaired) electrons. The Bertz CT molecular complexity index is 181. The highest BCUT2D eigenvalue weighted by atomic mass is 15.3. The summed E-state index contributed by atoms with van der Waals surface area (Å²) in [6.45, 7) is 6.06. The van der Waals surface area contributed by atoms with Crippen LogP contribution < -0.4 is 0 Å². The minimum absolute atomic E-state index is 0.963. The van der Waals surface area contributed by atoms with E-state index in [-0.39, 0.29) is 0 Å². The van der Waals surface area contributed by atoms with E-state index in [9.17, 15) is 0 Å². The van der Waals surface area contributed by atoms with Crippen molar-refractivity contribution < 1.29 is 4.48 Å². The van der Waals surface area contributed by atoms with Gasteiger partial charge in [-0.25, -0.2) is 0 Å². The molecule has 0 amide bonds. The molecule has 0 fully saturated rings. The largest absolute Gasteiger partial charge is 0.331 e. The maximum Gasteiger partial charge on any atom is 0.0780 e. The first-order valence-electron chi connectivity index (χ1n) is 8.76. The predicted molar refractivity (Wildman–Crippen MR) is 88.5 cm³/mol. The van der Waals surface area contributed by atoms with Crippen LogP contribution in [0.25, 0.3) is 0 Å². The molecule has 0 aliphatic carbocycles. The molecule has 0 aliphatic heterocycles. The van der Waals surface area contributed by atoms with Gasteiger partial charge in [-0.3, -0.25) is 0 Å². The molecule has 0 aromatic rings. The van der Waals surface area contributed by atoms with E-state index in [1.165, 1.54) is 77.2 Å². The molecular weight excluding hydrogens is 230 g/mol. The fourth-order valence-corrected chi connectivity index (χ4v) is 2.66. The van der Waals surface area contributed by atoms with Gasteiger partial charge in [0.15, 0.2) is 0 Å². The average molecular weight is 271 g/mol. The SMILES string of the molecule is CCCCC(C)CCCCCCCCC[N+](C)(C)C. The van der Waals surface area contributed by atoms with E-state index in [0.717, 1.165) is 10.4 Å². The summed E-state index contributed by atoms with van der Waals surface area (Å²) < 4.78 is 1.12. The van der Waals surface area contributed by atoms with Gasteiger partial charge in [-0.15, -0.1) is 0 Å². The van der Waals surface area contributed by atoms with Gasteiger partial charge in [0.05, 0.1) is 27.7 Å². The van der Waals surface area contributed by atoms with Crippen molar-refractivity contribution in [2.24, 2.45) is 5.92 Å². The van der Waals surface area contributed by atoms with Crippen molar-refractivity contribution in [3.63, 3.8) is 0 Å². The molecule has 0 saturated heterocycles. The monoisotopic (exact) mass is 270 g/mol. The number of unbranched alkanes of at least 4 members (excludes halogenated alkanes) is 7. The van der Waals surface area contributed by atoms with Gasteiger partial charge in [-0.05, 0) is 18.8 Å². The molecule has 1 heteroatoms. The van der Waals surface area contributed by atoms with Crippen LogP contribution in [0.15, 0.2) is 0 Å². The summed E-state index contributed by atoms with van der Waals surface area (Å²) in [5.41, 5.74) is 0. The van der Waals surface area contributed by atoms with Gasteiger partial charge >= 0.3 is 0 Å². The Morgan fingerprint density at radius 2 is 1.16 bits per heavy atom. The van der Waals surface area contributed by atoms with Crippen LogP contribution in [0.3, 0.4) is 0 Å². The summed E-state index contributed by atoms with van der Waals surface area (Å²) >= 11 is 0. The normalized spacial score (nSPS) is 13.7. The third-order valence-electron chi connectivity index (χ3n) is 4.08. The highest BCUT2D eigenvalue weighted by Crippen LogP contribution is 2.17. The summed E-state index contributed by atoms with van der Waals surface area (Å²) in [4.78, 5) is 0. The molecule has 0 aliphatic rings. The smallest absolute Gasteiger partial charge is 0.0780 e. The maximum atomic E-state index is 2.43. The third kappa shape index (κ3) is 15.9. The van der Waals surface area contributed by atoms with E-state index in [0.29, 0.717) is 0 Å². The quantitative estimate of drug-likeness (QED) is 0.300. The molecule has 0 aromatic carbocycles. The zero-order chi connectivity index (χ0) is 14.6. The van der Waals surface area contributed by atoms with Crippen molar-refractivity contribution in [3.8, 4) is 0 Å². The Labute approximate surface area is 123 Å². The Morgan fingerprint density at radius 3 is 1.68 bits per heavy atom. The average Bonchev–Trinajstić information content (AvgIpc) is 2.33. The molecule has 0 heterocycles. The van der Waals surface area contributed by atoms with Crippen molar-refractivity contribution in [2.75, 3.05) is 27.7 Å². The molecule has 0 rings (SSSR count). The van der Waals surface area contributed by atoms with Crippen LogP contribution in [0.4, 0.5) is 0 Å². The number of hydrogen-bond donors (Lipinski definition) is 0.